The van der Waals surface area contributed by atoms with Crippen molar-refractivity contribution >= 4 is 17.3 Å². The molecule has 116 valence electrons. The summed E-state index contributed by atoms with van der Waals surface area (Å²) in [6, 6.07) is 5.31. The molecule has 1 aliphatic heterocycles. The van der Waals surface area contributed by atoms with Gasteiger partial charge in [0.1, 0.15) is 0 Å². The molecule has 0 aromatic heterocycles. The smallest absolute Gasteiger partial charge is 0.251 e. The van der Waals surface area contributed by atoms with Crippen LogP contribution in [0.1, 0.15) is 10.4 Å². The van der Waals surface area contributed by atoms with E-state index in [0.717, 1.165) is 45.0 Å². The van der Waals surface area contributed by atoms with E-state index in [-0.39, 0.29) is 5.91 Å². The molecule has 0 spiro atoms. The average molecular weight is 291 g/mol. The molecular weight excluding hydrogens is 266 g/mol. The van der Waals surface area contributed by atoms with E-state index in [1.54, 1.807) is 25.2 Å². The number of likely N-dealkylation sites (N-methyl/N-ethyl adjacent to an activating group) is 1. The number of amides is 1. The number of nitrogen functional groups attached to an aromatic ring is 1. The highest BCUT2D eigenvalue weighted by Gasteiger charge is 2.13. The van der Waals surface area contributed by atoms with Crippen LogP contribution in [0.2, 0.25) is 0 Å². The predicted octanol–water partition coefficient (Wildman–Crippen LogP) is 0.288. The number of piperazine rings is 1. The molecule has 0 atom stereocenters. The summed E-state index contributed by atoms with van der Waals surface area (Å²) in [5.74, 6) is -0.0999. The van der Waals surface area contributed by atoms with Crippen molar-refractivity contribution in [3.63, 3.8) is 0 Å². The highest BCUT2D eigenvalue weighted by molar-refractivity contribution is 5.96. The molecule has 0 aliphatic carbocycles. The van der Waals surface area contributed by atoms with Gasteiger partial charge in [-0.15, -0.1) is 0 Å². The lowest BCUT2D eigenvalue weighted by Gasteiger charge is -2.32. The Kier molecular flexibility index (Phi) is 5.41. The Morgan fingerprint density at radius 3 is 2.67 bits per heavy atom. The van der Waals surface area contributed by atoms with Crippen molar-refractivity contribution in [3.8, 4) is 0 Å². The molecule has 6 heteroatoms. The summed E-state index contributed by atoms with van der Waals surface area (Å²) in [5.41, 5.74) is 8.07. The molecule has 21 heavy (non-hydrogen) atoms. The topological polar surface area (TPSA) is 73.6 Å². The molecule has 1 aromatic rings. The molecule has 1 aromatic carbocycles. The van der Waals surface area contributed by atoms with E-state index in [9.17, 15) is 4.79 Å². The van der Waals surface area contributed by atoms with Gasteiger partial charge >= 0.3 is 0 Å². The summed E-state index contributed by atoms with van der Waals surface area (Å²) in [6.07, 6.45) is 0. The van der Waals surface area contributed by atoms with Crippen LogP contribution in [0, 0.1) is 0 Å². The Hall–Kier alpha value is -1.79. The number of nitrogens with zero attached hydrogens (tertiary/aromatic N) is 2. The van der Waals surface area contributed by atoms with Gasteiger partial charge in [0.2, 0.25) is 0 Å². The summed E-state index contributed by atoms with van der Waals surface area (Å²) in [7, 11) is 3.78. The first kappa shape index (κ1) is 15.6. The maximum absolute atomic E-state index is 11.6. The van der Waals surface area contributed by atoms with Gasteiger partial charge in [0.05, 0.1) is 11.4 Å². The van der Waals surface area contributed by atoms with Gasteiger partial charge in [-0.1, -0.05) is 0 Å². The molecular formula is C15H25N5O. The molecule has 4 N–H and O–H groups in total. The van der Waals surface area contributed by atoms with Crippen LogP contribution in [0.5, 0.6) is 0 Å². The van der Waals surface area contributed by atoms with E-state index in [1.807, 2.05) is 0 Å². The van der Waals surface area contributed by atoms with Crippen LogP contribution in [-0.4, -0.2) is 69.1 Å². The van der Waals surface area contributed by atoms with Crippen LogP contribution in [0.15, 0.2) is 18.2 Å². The summed E-state index contributed by atoms with van der Waals surface area (Å²) in [6.45, 7) is 6.25. The molecule has 1 saturated heterocycles. The third kappa shape index (κ3) is 4.34. The van der Waals surface area contributed by atoms with Crippen LogP contribution < -0.4 is 16.4 Å². The minimum Gasteiger partial charge on any atom is -0.397 e. The average Bonchev–Trinajstić information content (AvgIpc) is 2.50. The Morgan fingerprint density at radius 1 is 1.29 bits per heavy atom. The predicted molar refractivity (Wildman–Crippen MR) is 86.7 cm³/mol. The Morgan fingerprint density at radius 2 is 2.00 bits per heavy atom. The summed E-state index contributed by atoms with van der Waals surface area (Å²) < 4.78 is 0. The maximum atomic E-state index is 11.6. The zero-order chi connectivity index (χ0) is 15.2. The number of carbonyl (C=O) groups excluding carboxylic acids is 1. The van der Waals surface area contributed by atoms with E-state index >= 15 is 0 Å². The molecule has 1 amide bonds. The molecule has 0 unspecified atom stereocenters. The van der Waals surface area contributed by atoms with Crippen molar-refractivity contribution in [3.05, 3.63) is 23.8 Å². The molecule has 0 bridgehead atoms. The van der Waals surface area contributed by atoms with Crippen LogP contribution in [0.25, 0.3) is 0 Å². The number of nitrogens with two attached hydrogens (primary N) is 1. The molecule has 6 nitrogen and oxygen atoms in total. The SMILES string of the molecule is CNC(=O)c1ccc(N)c(NCCN2CCN(C)CC2)c1. The Labute approximate surface area is 126 Å². The summed E-state index contributed by atoms with van der Waals surface area (Å²) in [4.78, 5) is 16.4. The second-order valence-electron chi connectivity index (χ2n) is 5.45. The number of nitrogens with one attached hydrogen (secondary N) is 2. The highest BCUT2D eigenvalue weighted by Crippen LogP contribution is 2.19. The fourth-order valence-corrected chi connectivity index (χ4v) is 2.42. The first-order valence-corrected chi connectivity index (χ1v) is 7.36. The lowest BCUT2D eigenvalue weighted by molar-refractivity contribution is 0.0963. The first-order valence-electron chi connectivity index (χ1n) is 7.36. The standard InChI is InChI=1S/C15H25N5O/c1-17-15(21)12-3-4-13(16)14(11-12)18-5-6-20-9-7-19(2)8-10-20/h3-4,11,18H,5-10,16H2,1-2H3,(H,17,21). The Balaban J connectivity index is 1.86. The van der Waals surface area contributed by atoms with Crippen LogP contribution >= 0.6 is 0 Å². The van der Waals surface area contributed by atoms with E-state index in [2.05, 4.69) is 27.5 Å². The first-order chi connectivity index (χ1) is 10.1. The van der Waals surface area contributed by atoms with Gasteiger partial charge in [-0.05, 0) is 25.2 Å². The fourth-order valence-electron chi connectivity index (χ4n) is 2.42. The fraction of sp³-hybridized carbons (Fsp3) is 0.533. The second-order valence-corrected chi connectivity index (χ2v) is 5.45. The van der Waals surface area contributed by atoms with Crippen molar-refractivity contribution < 1.29 is 4.79 Å². The number of rotatable bonds is 5. The van der Waals surface area contributed by atoms with E-state index in [0.29, 0.717) is 11.3 Å². The lowest BCUT2D eigenvalue weighted by atomic mass is 10.1. The van der Waals surface area contributed by atoms with E-state index < -0.39 is 0 Å². The third-order valence-corrected chi connectivity index (χ3v) is 3.88. The molecule has 0 radical (unpaired) electrons. The zero-order valence-corrected chi connectivity index (χ0v) is 12.9. The summed E-state index contributed by atoms with van der Waals surface area (Å²) in [5, 5.41) is 5.95. The number of hydrogen-bond donors (Lipinski definition) is 3. The van der Waals surface area contributed by atoms with Gasteiger partial charge in [-0.2, -0.15) is 0 Å². The molecule has 1 fully saturated rings. The minimum atomic E-state index is -0.0999. The van der Waals surface area contributed by atoms with Crippen molar-refractivity contribution in [2.45, 2.75) is 0 Å². The van der Waals surface area contributed by atoms with Gasteiger partial charge in [0.25, 0.3) is 5.91 Å². The van der Waals surface area contributed by atoms with Crippen molar-refractivity contribution in [1.29, 1.82) is 0 Å². The Bertz CT molecular complexity index is 483. The minimum absolute atomic E-state index is 0.0999. The largest absolute Gasteiger partial charge is 0.397 e. The van der Waals surface area contributed by atoms with E-state index in [1.165, 1.54) is 0 Å². The number of carbonyl (C=O) groups is 1. The lowest BCUT2D eigenvalue weighted by Crippen LogP contribution is -2.45. The van der Waals surface area contributed by atoms with Gasteiger partial charge in [-0.25, -0.2) is 0 Å². The van der Waals surface area contributed by atoms with Gasteiger partial charge < -0.3 is 21.3 Å². The maximum Gasteiger partial charge on any atom is 0.251 e. The van der Waals surface area contributed by atoms with Gasteiger partial charge in [0.15, 0.2) is 0 Å². The highest BCUT2D eigenvalue weighted by atomic mass is 16.1. The van der Waals surface area contributed by atoms with Crippen LogP contribution in [0.4, 0.5) is 11.4 Å². The van der Waals surface area contributed by atoms with Crippen LogP contribution in [0.3, 0.4) is 0 Å². The number of hydrogen-bond acceptors (Lipinski definition) is 5. The van der Waals surface area contributed by atoms with Crippen LogP contribution in [-0.2, 0) is 0 Å². The number of benzene rings is 1. The van der Waals surface area contributed by atoms with Gasteiger partial charge in [-0.3, -0.25) is 9.69 Å². The normalized spacial score (nSPS) is 16.7. The summed E-state index contributed by atoms with van der Waals surface area (Å²) >= 11 is 0. The molecule has 1 heterocycles. The molecule has 1 aliphatic rings. The van der Waals surface area contributed by atoms with Crippen molar-refractivity contribution in [2.24, 2.45) is 0 Å². The molecule has 2 rings (SSSR count). The van der Waals surface area contributed by atoms with Gasteiger partial charge in [0, 0.05) is 51.9 Å². The second kappa shape index (κ2) is 7.28. The molecule has 0 saturated carbocycles. The van der Waals surface area contributed by atoms with E-state index in [4.69, 9.17) is 5.73 Å². The zero-order valence-electron chi connectivity index (χ0n) is 12.9. The quantitative estimate of drug-likeness (QED) is 0.680. The van der Waals surface area contributed by atoms with Crippen molar-refractivity contribution in [2.75, 3.05) is 64.4 Å². The third-order valence-electron chi connectivity index (χ3n) is 3.88. The monoisotopic (exact) mass is 291 g/mol. The number of anilines is 2. The van der Waals surface area contributed by atoms with Crippen molar-refractivity contribution in [1.82, 2.24) is 15.1 Å².